The maximum Gasteiger partial charge on any atom is 0.324 e. The highest BCUT2D eigenvalue weighted by Crippen LogP contribution is 2.31. The molecule has 0 radical (unpaired) electrons. The molecule has 27 heavy (non-hydrogen) atoms. The second-order valence-electron chi connectivity index (χ2n) is 5.95. The van der Waals surface area contributed by atoms with Gasteiger partial charge < -0.3 is 5.32 Å². The maximum atomic E-state index is 12.0. The number of aromatic nitrogens is 3. The summed E-state index contributed by atoms with van der Waals surface area (Å²) in [4.78, 5) is 27.6. The lowest BCUT2D eigenvalue weighted by atomic mass is 10.2. The number of anilines is 2. The van der Waals surface area contributed by atoms with Gasteiger partial charge in [0.25, 0.3) is 5.56 Å². The summed E-state index contributed by atoms with van der Waals surface area (Å²) in [6, 6.07) is 15.9. The van der Waals surface area contributed by atoms with E-state index in [4.69, 9.17) is 0 Å². The van der Waals surface area contributed by atoms with Crippen LogP contribution in [0.2, 0.25) is 0 Å². The molecule has 0 aliphatic rings. The quantitative estimate of drug-likeness (QED) is 0.502. The molecule has 2 aromatic carbocycles. The number of nitrogens with zero attached hydrogens (tertiary/aromatic N) is 2. The number of amides is 2. The van der Waals surface area contributed by atoms with Crippen molar-refractivity contribution in [1.82, 2.24) is 15.2 Å². The summed E-state index contributed by atoms with van der Waals surface area (Å²) in [5.41, 5.74) is 3.48. The molecule has 0 unspecified atom stereocenters. The smallest absolute Gasteiger partial charge is 0.308 e. The van der Waals surface area contributed by atoms with Crippen molar-refractivity contribution in [1.29, 1.82) is 0 Å². The molecular formula is C19H15N5O2S. The van der Waals surface area contributed by atoms with E-state index in [2.05, 4.69) is 44.9 Å². The van der Waals surface area contributed by atoms with Gasteiger partial charge in [0.05, 0.1) is 10.2 Å². The Morgan fingerprint density at radius 2 is 1.85 bits per heavy atom. The van der Waals surface area contributed by atoms with Crippen LogP contribution in [-0.2, 0) is 0 Å². The number of carbonyl (C=O) groups excluding carboxylic acids is 1. The molecular weight excluding hydrogens is 362 g/mol. The summed E-state index contributed by atoms with van der Waals surface area (Å²) in [5, 5.41) is 12.2. The van der Waals surface area contributed by atoms with Gasteiger partial charge in [-0.1, -0.05) is 6.07 Å². The third-order valence-corrected chi connectivity index (χ3v) is 4.92. The van der Waals surface area contributed by atoms with Crippen LogP contribution < -0.4 is 16.2 Å². The van der Waals surface area contributed by atoms with Gasteiger partial charge >= 0.3 is 6.03 Å². The zero-order chi connectivity index (χ0) is 18.8. The van der Waals surface area contributed by atoms with E-state index >= 15 is 0 Å². The molecule has 0 saturated heterocycles. The molecule has 3 N–H and O–H groups in total. The molecule has 8 heteroatoms. The normalized spacial score (nSPS) is 10.7. The number of fused-ring (bicyclic) bond motifs is 1. The van der Waals surface area contributed by atoms with Crippen LogP contribution in [0.25, 0.3) is 20.8 Å². The number of nitrogens with one attached hydrogen (secondary N) is 3. The predicted octanol–water partition coefficient (Wildman–Crippen LogP) is 4.00. The zero-order valence-electron chi connectivity index (χ0n) is 14.3. The molecule has 0 fully saturated rings. The first-order valence-corrected chi connectivity index (χ1v) is 9.00. The second-order valence-corrected chi connectivity index (χ2v) is 6.98. The average molecular weight is 377 g/mol. The lowest BCUT2D eigenvalue weighted by Crippen LogP contribution is -2.21. The summed E-state index contributed by atoms with van der Waals surface area (Å²) in [5.74, 6) is 0.258. The molecule has 4 rings (SSSR count). The van der Waals surface area contributed by atoms with E-state index in [0.717, 1.165) is 20.8 Å². The minimum Gasteiger partial charge on any atom is -0.308 e. The van der Waals surface area contributed by atoms with E-state index in [0.29, 0.717) is 5.69 Å². The van der Waals surface area contributed by atoms with Crippen LogP contribution in [0.5, 0.6) is 0 Å². The fourth-order valence-corrected chi connectivity index (χ4v) is 3.61. The van der Waals surface area contributed by atoms with Crippen LogP contribution in [0, 0.1) is 6.92 Å². The summed E-state index contributed by atoms with van der Waals surface area (Å²) >= 11 is 1.64. The third kappa shape index (κ3) is 3.85. The second kappa shape index (κ2) is 7.00. The number of benzene rings is 2. The van der Waals surface area contributed by atoms with Crippen LogP contribution >= 0.6 is 11.3 Å². The van der Waals surface area contributed by atoms with Gasteiger partial charge in [0.1, 0.15) is 5.01 Å². The first-order chi connectivity index (χ1) is 13.1. The van der Waals surface area contributed by atoms with Crippen LogP contribution in [0.4, 0.5) is 16.3 Å². The van der Waals surface area contributed by atoms with Crippen LogP contribution in [0.15, 0.2) is 59.4 Å². The van der Waals surface area contributed by atoms with Gasteiger partial charge in [-0.05, 0) is 55.0 Å². The van der Waals surface area contributed by atoms with E-state index in [1.54, 1.807) is 11.3 Å². The first-order valence-electron chi connectivity index (χ1n) is 8.18. The highest BCUT2D eigenvalue weighted by atomic mass is 32.1. The largest absolute Gasteiger partial charge is 0.324 e. The Morgan fingerprint density at radius 3 is 2.59 bits per heavy atom. The van der Waals surface area contributed by atoms with E-state index in [-0.39, 0.29) is 11.4 Å². The summed E-state index contributed by atoms with van der Waals surface area (Å²) in [6.45, 7) is 2.06. The number of rotatable bonds is 3. The Balaban J connectivity index is 1.47. The number of hydrogen-bond donors (Lipinski definition) is 3. The predicted molar refractivity (Wildman–Crippen MR) is 107 cm³/mol. The summed E-state index contributed by atoms with van der Waals surface area (Å²) in [6.07, 6.45) is 0. The van der Waals surface area contributed by atoms with E-state index < -0.39 is 6.03 Å². The van der Waals surface area contributed by atoms with Crippen LogP contribution in [-0.4, -0.2) is 21.2 Å². The van der Waals surface area contributed by atoms with Crippen molar-refractivity contribution in [3.63, 3.8) is 0 Å². The minimum absolute atomic E-state index is 0.258. The summed E-state index contributed by atoms with van der Waals surface area (Å²) in [7, 11) is 0. The van der Waals surface area contributed by atoms with Gasteiger partial charge in [-0.15, -0.1) is 11.3 Å². The van der Waals surface area contributed by atoms with Crippen molar-refractivity contribution < 1.29 is 4.79 Å². The minimum atomic E-state index is -0.447. The van der Waals surface area contributed by atoms with Crippen molar-refractivity contribution in [2.45, 2.75) is 6.92 Å². The fourth-order valence-electron chi connectivity index (χ4n) is 2.54. The van der Waals surface area contributed by atoms with Crippen molar-refractivity contribution >= 4 is 39.1 Å². The zero-order valence-corrected chi connectivity index (χ0v) is 15.1. The van der Waals surface area contributed by atoms with Gasteiger partial charge in [0.2, 0.25) is 0 Å². The number of H-pyrrole nitrogens is 1. The maximum absolute atomic E-state index is 12.0. The Kier molecular flexibility index (Phi) is 4.39. The van der Waals surface area contributed by atoms with Gasteiger partial charge in [-0.2, -0.15) is 5.10 Å². The third-order valence-electron chi connectivity index (χ3n) is 3.85. The lowest BCUT2D eigenvalue weighted by molar-refractivity contribution is 0.262. The fraction of sp³-hybridized carbons (Fsp3) is 0.0526. The van der Waals surface area contributed by atoms with Gasteiger partial charge in [-0.25, -0.2) is 14.9 Å². The molecule has 0 atom stereocenters. The molecule has 2 aromatic heterocycles. The van der Waals surface area contributed by atoms with Crippen molar-refractivity contribution in [2.24, 2.45) is 0 Å². The molecule has 2 heterocycles. The Bertz CT molecular complexity index is 1160. The molecule has 0 aliphatic heterocycles. The Morgan fingerprint density at radius 1 is 1.04 bits per heavy atom. The summed E-state index contributed by atoms with van der Waals surface area (Å²) < 4.78 is 1.15. The van der Waals surface area contributed by atoms with E-state index in [9.17, 15) is 9.59 Å². The number of aryl methyl sites for hydroxylation is 1. The van der Waals surface area contributed by atoms with Gasteiger partial charge in [0, 0.05) is 17.3 Å². The van der Waals surface area contributed by atoms with E-state index in [1.165, 1.54) is 17.7 Å². The molecule has 134 valence electrons. The molecule has 2 amide bonds. The molecule has 0 spiro atoms. The number of aromatic amines is 1. The van der Waals surface area contributed by atoms with Crippen molar-refractivity contribution in [3.05, 3.63) is 70.5 Å². The molecule has 4 aromatic rings. The first kappa shape index (κ1) is 16.9. The lowest BCUT2D eigenvalue weighted by Gasteiger charge is -2.07. The van der Waals surface area contributed by atoms with E-state index in [1.807, 2.05) is 30.3 Å². The number of hydrogen-bond acceptors (Lipinski definition) is 5. The molecule has 7 nitrogen and oxygen atoms in total. The van der Waals surface area contributed by atoms with Crippen LogP contribution in [0.1, 0.15) is 5.56 Å². The molecule has 0 aliphatic carbocycles. The molecule has 0 saturated carbocycles. The monoisotopic (exact) mass is 377 g/mol. The highest BCUT2D eigenvalue weighted by Gasteiger charge is 2.08. The topological polar surface area (TPSA) is 99.8 Å². The number of thiazole rings is 1. The average Bonchev–Trinajstić information content (AvgIpc) is 3.07. The number of carbonyl (C=O) groups is 1. The standard InChI is InChI=1S/C19H15N5O2S/c1-11-2-7-14-15(10-11)27-18(21-14)12-3-5-13(6-4-12)20-19(26)22-16-8-9-17(25)24-23-16/h2-10H,1H3,(H,24,25)(H2,20,22,23,26). The molecule has 0 bridgehead atoms. The number of urea groups is 1. The van der Waals surface area contributed by atoms with Crippen LogP contribution in [0.3, 0.4) is 0 Å². The van der Waals surface area contributed by atoms with Gasteiger partial charge in [0.15, 0.2) is 5.82 Å². The highest BCUT2D eigenvalue weighted by molar-refractivity contribution is 7.21. The van der Waals surface area contributed by atoms with Gasteiger partial charge in [-0.3, -0.25) is 10.1 Å². The van der Waals surface area contributed by atoms with Crippen molar-refractivity contribution in [3.8, 4) is 10.6 Å². The SMILES string of the molecule is Cc1ccc2nc(-c3ccc(NC(=O)Nc4ccc(=O)[nH]n4)cc3)sc2c1. The Hall–Kier alpha value is -3.52. The van der Waals surface area contributed by atoms with Crippen molar-refractivity contribution in [2.75, 3.05) is 10.6 Å². The Labute approximate surface area is 158 Å².